The summed E-state index contributed by atoms with van der Waals surface area (Å²) < 4.78 is 2.37. The first-order valence-corrected chi connectivity index (χ1v) is 21.7. The summed E-state index contributed by atoms with van der Waals surface area (Å²) in [6.07, 6.45) is 0. The molecule has 0 atom stereocenters. The fourth-order valence-electron chi connectivity index (χ4n) is 8.82. The summed E-state index contributed by atoms with van der Waals surface area (Å²) in [6.45, 7) is 4.58. The Labute approximate surface area is 380 Å². The smallest absolute Gasteiger partial charge is 0.210 e. The van der Waals surface area contributed by atoms with Crippen molar-refractivity contribution in [2.24, 2.45) is 0 Å². The van der Waals surface area contributed by atoms with Gasteiger partial charge in [-0.05, 0) is 123 Å². The van der Waals surface area contributed by atoms with E-state index in [9.17, 15) is 5.11 Å². The highest BCUT2D eigenvalue weighted by Crippen LogP contribution is 2.40. The van der Waals surface area contributed by atoms with Crippen molar-refractivity contribution in [1.29, 1.82) is 10.8 Å². The zero-order chi connectivity index (χ0) is 44.7. The summed E-state index contributed by atoms with van der Waals surface area (Å²) in [4.78, 5) is 0. The minimum absolute atomic E-state index is 0.427. The highest BCUT2D eigenvalue weighted by molar-refractivity contribution is 6.10. The number of nitrogens with zero attached hydrogens (tertiary/aromatic N) is 1. The number of aliphatic hydroxyl groups is 1. The van der Waals surface area contributed by atoms with Crippen molar-refractivity contribution in [3.05, 3.63) is 248 Å². The Hall–Kier alpha value is -8.60. The molecule has 0 unspecified atom stereocenters. The minimum Gasteiger partial charge on any atom is -0.493 e. The quantitative estimate of drug-likeness (QED) is 0.109. The molecule has 0 aliphatic carbocycles. The molecule has 10 aromatic carbocycles. The number of para-hydroxylation sites is 1. The summed E-state index contributed by atoms with van der Waals surface area (Å²) in [5.74, 6) is -0.427. The zero-order valence-electron chi connectivity index (χ0n) is 36.1. The Balaban J connectivity index is 0.000000537. The Bertz CT molecular complexity index is 3420. The normalized spacial score (nSPS) is 10.8. The highest BCUT2D eigenvalue weighted by atomic mass is 16.3. The predicted octanol–water partition coefficient (Wildman–Crippen LogP) is 16.4. The van der Waals surface area contributed by atoms with Crippen LogP contribution >= 0.6 is 0 Å². The van der Waals surface area contributed by atoms with Crippen LogP contribution in [0.2, 0.25) is 0 Å². The molecule has 4 nitrogen and oxygen atoms in total. The van der Waals surface area contributed by atoms with Gasteiger partial charge in [0.15, 0.2) is 0 Å². The Morgan fingerprint density at radius 1 is 0.385 bits per heavy atom. The van der Waals surface area contributed by atoms with Gasteiger partial charge in [0.05, 0.1) is 11.0 Å². The lowest BCUT2D eigenvalue weighted by molar-refractivity contribution is 0.549. The molecule has 0 spiro atoms. The molecular formula is C61H47N3O. The first kappa shape index (κ1) is 41.7. The average Bonchev–Trinajstić information content (AvgIpc) is 3.71. The zero-order valence-corrected chi connectivity index (χ0v) is 36.1. The van der Waals surface area contributed by atoms with Gasteiger partial charge in [0.2, 0.25) is 5.90 Å². The number of fused-ring (bicyclic) bond motifs is 4. The predicted molar refractivity (Wildman–Crippen MR) is 276 cm³/mol. The number of aliphatic hydroxyl groups excluding tert-OH is 1. The van der Waals surface area contributed by atoms with Crippen LogP contribution in [0.3, 0.4) is 0 Å². The lowest BCUT2D eigenvalue weighted by Gasteiger charge is -2.16. The molecule has 0 radical (unpaired) electrons. The van der Waals surface area contributed by atoms with E-state index < -0.39 is 5.90 Å². The molecule has 65 heavy (non-hydrogen) atoms. The van der Waals surface area contributed by atoms with Crippen LogP contribution in [0.25, 0.3) is 93.9 Å². The molecular weight excluding hydrogens is 791 g/mol. The lowest BCUT2D eigenvalue weighted by atomic mass is 9.89. The second-order valence-electron chi connectivity index (χ2n) is 15.9. The highest BCUT2D eigenvalue weighted by Gasteiger charge is 2.16. The molecule has 0 saturated carbocycles. The minimum atomic E-state index is -0.427. The number of rotatable bonds is 7. The largest absolute Gasteiger partial charge is 0.493 e. The topological polar surface area (TPSA) is 72.9 Å². The van der Waals surface area contributed by atoms with Gasteiger partial charge in [0.1, 0.15) is 0 Å². The van der Waals surface area contributed by atoms with Crippen LogP contribution in [-0.2, 0) is 0 Å². The standard InChI is InChI=1S/C53H36N2O.C7H8.CH3N/c54-53(56)40-26-24-38(25-27-40)45-13-3-5-15-47(45)48-16-6-4-14-46(48)39-28-31-42(32-29-39)55-51-19-8-7-17-49(51)50-34-41(30-33-52(50)55)35-20-22-37(23-21-35)44-18-9-11-36-10-1-2-12-43(36)44;1-7-5-3-2-4-6-7;1-2/h1-34H,(H2,54,56);2-6H,1H3;2H,1H2. The van der Waals surface area contributed by atoms with Crippen molar-refractivity contribution >= 4 is 45.2 Å². The second kappa shape index (κ2) is 18.8. The number of aryl methyl sites for hydroxylation is 1. The van der Waals surface area contributed by atoms with E-state index in [1.165, 1.54) is 60.4 Å². The first-order chi connectivity index (χ1) is 32.0. The Morgan fingerprint density at radius 3 is 1.45 bits per heavy atom. The molecule has 1 aromatic heterocycles. The number of benzene rings is 10. The molecule has 4 heteroatoms. The third-order valence-electron chi connectivity index (χ3n) is 12.0. The third-order valence-corrected chi connectivity index (χ3v) is 12.0. The molecule has 0 saturated heterocycles. The summed E-state index contributed by atoms with van der Waals surface area (Å²) in [5.41, 5.74) is 16.8. The summed E-state index contributed by atoms with van der Waals surface area (Å²) in [6, 6.07) is 83.3. The Kier molecular flexibility index (Phi) is 12.1. The van der Waals surface area contributed by atoms with Crippen LogP contribution in [0.15, 0.2) is 237 Å². The van der Waals surface area contributed by atoms with E-state index >= 15 is 0 Å². The number of aromatic nitrogens is 1. The van der Waals surface area contributed by atoms with Gasteiger partial charge in [0.25, 0.3) is 0 Å². The van der Waals surface area contributed by atoms with Crippen LogP contribution in [0.5, 0.6) is 0 Å². The van der Waals surface area contributed by atoms with Gasteiger partial charge in [-0.3, -0.25) is 5.41 Å². The molecule has 11 rings (SSSR count). The molecule has 312 valence electrons. The van der Waals surface area contributed by atoms with Crippen LogP contribution in [0, 0.1) is 17.7 Å². The maximum atomic E-state index is 9.66. The number of hydrogen-bond donors (Lipinski definition) is 3. The van der Waals surface area contributed by atoms with Crippen molar-refractivity contribution < 1.29 is 5.11 Å². The fourth-order valence-corrected chi connectivity index (χ4v) is 8.82. The van der Waals surface area contributed by atoms with Crippen LogP contribution in [0.1, 0.15) is 11.1 Å². The average molecular weight is 838 g/mol. The lowest BCUT2D eigenvalue weighted by Crippen LogP contribution is -1.96. The van der Waals surface area contributed by atoms with Crippen molar-refractivity contribution in [2.45, 2.75) is 6.92 Å². The van der Waals surface area contributed by atoms with Gasteiger partial charge in [-0.1, -0.05) is 200 Å². The first-order valence-electron chi connectivity index (χ1n) is 21.7. The van der Waals surface area contributed by atoms with E-state index in [0.29, 0.717) is 5.56 Å². The van der Waals surface area contributed by atoms with Gasteiger partial charge < -0.3 is 15.1 Å². The monoisotopic (exact) mass is 837 g/mol. The third kappa shape index (κ3) is 8.49. The van der Waals surface area contributed by atoms with E-state index in [1.807, 2.05) is 30.3 Å². The second-order valence-corrected chi connectivity index (χ2v) is 15.9. The van der Waals surface area contributed by atoms with Gasteiger partial charge in [0, 0.05) is 22.0 Å². The van der Waals surface area contributed by atoms with Gasteiger partial charge >= 0.3 is 0 Å². The van der Waals surface area contributed by atoms with Crippen molar-refractivity contribution in [1.82, 2.24) is 4.57 Å². The van der Waals surface area contributed by atoms with E-state index in [1.54, 1.807) is 12.1 Å². The fraction of sp³-hybridized carbons (Fsp3) is 0.0164. The van der Waals surface area contributed by atoms with Gasteiger partial charge in [-0.25, -0.2) is 0 Å². The van der Waals surface area contributed by atoms with E-state index in [2.05, 4.69) is 212 Å². The maximum absolute atomic E-state index is 9.66. The molecule has 1 heterocycles. The molecule has 0 bridgehead atoms. The number of hydrogen-bond acceptors (Lipinski definition) is 2. The van der Waals surface area contributed by atoms with E-state index in [0.717, 1.165) is 39.1 Å². The van der Waals surface area contributed by atoms with Crippen LogP contribution in [0.4, 0.5) is 0 Å². The van der Waals surface area contributed by atoms with Crippen molar-refractivity contribution in [3.63, 3.8) is 0 Å². The number of nitrogens with one attached hydrogen (secondary N) is 2. The summed E-state index contributed by atoms with van der Waals surface area (Å²) >= 11 is 0. The van der Waals surface area contributed by atoms with Gasteiger partial charge in [-0.2, -0.15) is 0 Å². The molecule has 0 aliphatic rings. The van der Waals surface area contributed by atoms with Crippen molar-refractivity contribution in [2.75, 3.05) is 0 Å². The molecule has 0 amide bonds. The van der Waals surface area contributed by atoms with Crippen LogP contribution < -0.4 is 0 Å². The SMILES string of the molecule is C=N.Cc1ccccc1.N=C(O)c1ccc(-c2ccccc2-c2ccccc2-c2ccc(-n3c4ccccc4c4cc(-c5ccc(-c6cccc7ccccc67)cc5)ccc43)cc2)cc1. The molecule has 0 fully saturated rings. The summed E-state index contributed by atoms with van der Waals surface area (Å²) in [5, 5.41) is 27.7. The molecule has 0 aliphatic heterocycles. The van der Waals surface area contributed by atoms with E-state index in [4.69, 9.17) is 10.8 Å². The molecule has 11 aromatic rings. The van der Waals surface area contributed by atoms with Gasteiger partial charge in [-0.15, -0.1) is 0 Å². The van der Waals surface area contributed by atoms with E-state index in [-0.39, 0.29) is 0 Å². The van der Waals surface area contributed by atoms with Crippen molar-refractivity contribution in [3.8, 4) is 61.3 Å². The van der Waals surface area contributed by atoms with Crippen LogP contribution in [-0.4, -0.2) is 22.3 Å². The molecule has 3 N–H and O–H groups in total. The summed E-state index contributed by atoms with van der Waals surface area (Å²) in [7, 11) is 0. The Morgan fingerprint density at radius 2 is 0.831 bits per heavy atom. The maximum Gasteiger partial charge on any atom is 0.210 e.